The van der Waals surface area contributed by atoms with Gasteiger partial charge in [0, 0.05) is 24.3 Å². The number of hydrogen-bond donors (Lipinski definition) is 2. The summed E-state index contributed by atoms with van der Waals surface area (Å²) in [5.74, 6) is 0.629. The topological polar surface area (TPSA) is 66.4 Å². The highest BCUT2D eigenvalue weighted by atomic mass is 35.5. The van der Waals surface area contributed by atoms with E-state index in [0.717, 1.165) is 37.6 Å². The van der Waals surface area contributed by atoms with Gasteiger partial charge in [0.15, 0.2) is 0 Å². The molecule has 5 heteroatoms. The van der Waals surface area contributed by atoms with Crippen molar-refractivity contribution in [2.75, 3.05) is 6.54 Å². The highest BCUT2D eigenvalue weighted by molar-refractivity contribution is 6.24. The summed E-state index contributed by atoms with van der Waals surface area (Å²) in [6.45, 7) is 0.723. The lowest BCUT2D eigenvalue weighted by Crippen LogP contribution is -2.56. The molecule has 2 N–H and O–H groups in total. The molecule has 0 aromatic carbocycles. The lowest BCUT2D eigenvalue weighted by atomic mass is 9.49. The number of carbonyl (C=O) groups excluding carboxylic acids is 1. The number of aliphatic carboxylic acids is 1. The fourth-order valence-corrected chi connectivity index (χ4v) is 6.04. The first-order chi connectivity index (χ1) is 9.88. The molecule has 4 rings (SSSR count). The maximum atomic E-state index is 11.9. The van der Waals surface area contributed by atoms with E-state index in [9.17, 15) is 9.59 Å². The van der Waals surface area contributed by atoms with Crippen LogP contribution in [0.4, 0.5) is 0 Å². The molecular formula is C16H24ClNO3. The van der Waals surface area contributed by atoms with Gasteiger partial charge in [0.2, 0.25) is 5.91 Å². The third-order valence-electron chi connectivity index (χ3n) is 5.57. The first-order valence-corrected chi connectivity index (χ1v) is 8.43. The largest absolute Gasteiger partial charge is 0.481 e. The molecule has 2 unspecified atom stereocenters. The Labute approximate surface area is 130 Å². The number of carboxylic acids is 1. The van der Waals surface area contributed by atoms with Gasteiger partial charge in [0.05, 0.1) is 0 Å². The Morgan fingerprint density at radius 3 is 2.38 bits per heavy atom. The molecular weight excluding hydrogens is 290 g/mol. The number of halogens is 1. The molecule has 0 aromatic heterocycles. The normalized spacial score (nSPS) is 40.2. The van der Waals surface area contributed by atoms with Crippen LogP contribution in [-0.2, 0) is 9.59 Å². The zero-order valence-corrected chi connectivity index (χ0v) is 13.1. The zero-order chi connectivity index (χ0) is 15.1. The van der Waals surface area contributed by atoms with E-state index in [1.54, 1.807) is 0 Å². The van der Waals surface area contributed by atoms with Gasteiger partial charge in [-0.15, -0.1) is 11.6 Å². The molecule has 0 heterocycles. The minimum atomic E-state index is -0.840. The number of hydrogen-bond acceptors (Lipinski definition) is 2. The highest BCUT2D eigenvalue weighted by Gasteiger charge is 2.56. The SMILES string of the molecule is O=C(O)CCCC(=O)NCC12CC3CC(CC(Cl)(C3)C1)C2. The van der Waals surface area contributed by atoms with E-state index in [0.29, 0.717) is 12.8 Å². The molecule has 0 radical (unpaired) electrons. The molecule has 2 atom stereocenters. The Bertz CT molecular complexity index is 437. The second-order valence-corrected chi connectivity index (χ2v) is 8.44. The van der Waals surface area contributed by atoms with E-state index in [1.807, 2.05) is 0 Å². The van der Waals surface area contributed by atoms with E-state index < -0.39 is 5.97 Å². The third-order valence-corrected chi connectivity index (χ3v) is 6.01. The summed E-state index contributed by atoms with van der Waals surface area (Å²) in [5.41, 5.74) is 0.203. The second-order valence-electron chi connectivity index (χ2n) is 7.64. The average Bonchev–Trinajstić information content (AvgIpc) is 2.33. The quantitative estimate of drug-likeness (QED) is 0.741. The molecule has 0 spiro atoms. The summed E-state index contributed by atoms with van der Waals surface area (Å²) in [4.78, 5) is 22.3. The van der Waals surface area contributed by atoms with Crippen LogP contribution in [0.2, 0.25) is 0 Å². The summed E-state index contributed by atoms with van der Waals surface area (Å²) >= 11 is 6.78. The first-order valence-electron chi connectivity index (χ1n) is 8.06. The number of alkyl halides is 1. The molecule has 118 valence electrons. The molecule has 1 amide bonds. The van der Waals surface area contributed by atoms with Crippen molar-refractivity contribution in [1.29, 1.82) is 0 Å². The number of amides is 1. The molecule has 0 aliphatic heterocycles. The van der Waals surface area contributed by atoms with E-state index >= 15 is 0 Å². The van der Waals surface area contributed by atoms with Gasteiger partial charge in [-0.05, 0) is 62.2 Å². The number of nitrogens with one attached hydrogen (secondary N) is 1. The monoisotopic (exact) mass is 313 g/mol. The van der Waals surface area contributed by atoms with Gasteiger partial charge >= 0.3 is 5.97 Å². The molecule has 4 aliphatic carbocycles. The van der Waals surface area contributed by atoms with Gasteiger partial charge < -0.3 is 10.4 Å². The number of carboxylic acid groups (broad SMARTS) is 1. The molecule has 4 fully saturated rings. The van der Waals surface area contributed by atoms with Gasteiger partial charge in [-0.3, -0.25) is 9.59 Å². The van der Waals surface area contributed by atoms with Crippen molar-refractivity contribution in [1.82, 2.24) is 5.32 Å². The van der Waals surface area contributed by atoms with Crippen LogP contribution in [-0.4, -0.2) is 28.4 Å². The summed E-state index contributed by atoms with van der Waals surface area (Å²) in [6.07, 6.45) is 7.85. The van der Waals surface area contributed by atoms with E-state index in [-0.39, 0.29) is 22.6 Å². The van der Waals surface area contributed by atoms with Crippen molar-refractivity contribution in [2.45, 2.75) is 62.7 Å². The van der Waals surface area contributed by atoms with Gasteiger partial charge in [-0.1, -0.05) is 0 Å². The standard InChI is InChI=1S/C16H24ClNO3/c17-16-7-11-4-12(8-16)6-15(5-11,9-16)10-18-13(19)2-1-3-14(20)21/h11-12H,1-10H2,(H,18,19)(H,20,21). The molecule has 4 bridgehead atoms. The van der Waals surface area contributed by atoms with Crippen molar-refractivity contribution in [3.8, 4) is 0 Å². The van der Waals surface area contributed by atoms with Crippen molar-refractivity contribution in [3.63, 3.8) is 0 Å². The van der Waals surface area contributed by atoms with Crippen LogP contribution in [0.3, 0.4) is 0 Å². The van der Waals surface area contributed by atoms with Crippen molar-refractivity contribution in [2.24, 2.45) is 17.3 Å². The van der Waals surface area contributed by atoms with Crippen LogP contribution in [0.25, 0.3) is 0 Å². The Kier molecular flexibility index (Phi) is 3.93. The van der Waals surface area contributed by atoms with Gasteiger partial charge in [0.25, 0.3) is 0 Å². The highest BCUT2D eigenvalue weighted by Crippen LogP contribution is 2.63. The Morgan fingerprint density at radius 1 is 1.14 bits per heavy atom. The second kappa shape index (κ2) is 5.45. The van der Waals surface area contributed by atoms with Crippen molar-refractivity contribution in [3.05, 3.63) is 0 Å². The maximum Gasteiger partial charge on any atom is 0.303 e. The minimum Gasteiger partial charge on any atom is -0.481 e. The Hall–Kier alpha value is -0.770. The summed E-state index contributed by atoms with van der Waals surface area (Å²) < 4.78 is 0. The van der Waals surface area contributed by atoms with Crippen LogP contribution in [0, 0.1) is 17.3 Å². The molecule has 0 saturated heterocycles. The summed E-state index contributed by atoms with van der Waals surface area (Å²) in [5, 5.41) is 11.6. The van der Waals surface area contributed by atoms with Crippen molar-refractivity contribution < 1.29 is 14.7 Å². The van der Waals surface area contributed by atoms with Crippen molar-refractivity contribution >= 4 is 23.5 Å². The number of carbonyl (C=O) groups is 2. The maximum absolute atomic E-state index is 11.9. The summed E-state index contributed by atoms with van der Waals surface area (Å²) in [7, 11) is 0. The van der Waals surface area contributed by atoms with Crippen LogP contribution < -0.4 is 5.32 Å². The van der Waals surface area contributed by atoms with E-state index in [2.05, 4.69) is 5.32 Å². The molecule has 4 aliphatic rings. The van der Waals surface area contributed by atoms with Crippen LogP contribution in [0.1, 0.15) is 57.8 Å². The lowest BCUT2D eigenvalue weighted by molar-refractivity contribution is -0.137. The van der Waals surface area contributed by atoms with Crippen LogP contribution in [0.5, 0.6) is 0 Å². The molecule has 4 saturated carbocycles. The third kappa shape index (κ3) is 3.36. The molecule has 0 aromatic rings. The average molecular weight is 314 g/mol. The van der Waals surface area contributed by atoms with E-state index in [1.165, 1.54) is 19.3 Å². The van der Waals surface area contributed by atoms with Gasteiger partial charge in [-0.25, -0.2) is 0 Å². The Balaban J connectivity index is 1.51. The van der Waals surface area contributed by atoms with Crippen LogP contribution >= 0.6 is 11.6 Å². The smallest absolute Gasteiger partial charge is 0.303 e. The predicted molar refractivity (Wildman–Crippen MR) is 80.2 cm³/mol. The van der Waals surface area contributed by atoms with Crippen LogP contribution in [0.15, 0.2) is 0 Å². The van der Waals surface area contributed by atoms with E-state index in [4.69, 9.17) is 16.7 Å². The minimum absolute atomic E-state index is 0.0158. The number of rotatable bonds is 6. The lowest BCUT2D eigenvalue weighted by Gasteiger charge is -2.60. The first kappa shape index (κ1) is 15.1. The fourth-order valence-electron chi connectivity index (χ4n) is 5.32. The Morgan fingerprint density at radius 2 is 1.81 bits per heavy atom. The summed E-state index contributed by atoms with van der Waals surface area (Å²) in [6, 6.07) is 0. The van der Waals surface area contributed by atoms with Gasteiger partial charge in [-0.2, -0.15) is 0 Å². The molecule has 21 heavy (non-hydrogen) atoms. The molecule has 4 nitrogen and oxygen atoms in total. The fraction of sp³-hybridized carbons (Fsp3) is 0.875. The van der Waals surface area contributed by atoms with Gasteiger partial charge in [0.1, 0.15) is 0 Å². The zero-order valence-electron chi connectivity index (χ0n) is 12.4. The predicted octanol–water partition coefficient (Wildman–Crippen LogP) is 2.94.